The molecule has 0 aliphatic heterocycles. The zero-order chi connectivity index (χ0) is 11.9. The molecule has 0 amide bonds. The Morgan fingerprint density at radius 1 is 1.38 bits per heavy atom. The molecule has 1 N–H and O–H groups in total. The third kappa shape index (κ3) is 2.26. The van der Waals surface area contributed by atoms with E-state index >= 15 is 0 Å². The maximum Gasteiger partial charge on any atom is 0.225 e. The normalized spacial score (nSPS) is 12.3. The van der Waals surface area contributed by atoms with Crippen LogP contribution in [0.1, 0.15) is 13.8 Å². The van der Waals surface area contributed by atoms with Crippen molar-refractivity contribution in [3.05, 3.63) is 16.6 Å². The number of aliphatic hydroxyl groups is 1. The molecule has 0 spiro atoms. The maximum atomic E-state index is 9.72. The first-order chi connectivity index (χ1) is 7.37. The van der Waals surface area contributed by atoms with Crippen LogP contribution in [0.25, 0.3) is 11.0 Å². The predicted octanol–water partition coefficient (Wildman–Crippen LogP) is 1.90. The van der Waals surface area contributed by atoms with E-state index in [1.54, 1.807) is 24.7 Å². The minimum atomic E-state index is -0.886. The molecule has 86 valence electrons. The largest absolute Gasteiger partial charge is 0.389 e. The zero-order valence-electron chi connectivity index (χ0n) is 8.78. The molecule has 5 nitrogen and oxygen atoms in total. The van der Waals surface area contributed by atoms with E-state index in [0.29, 0.717) is 17.6 Å². The summed E-state index contributed by atoms with van der Waals surface area (Å²) in [7, 11) is 0. The first-order valence-corrected chi connectivity index (χ1v) is 5.39. The van der Waals surface area contributed by atoms with E-state index in [2.05, 4.69) is 15.1 Å². The summed E-state index contributed by atoms with van der Waals surface area (Å²) in [6.07, 6.45) is 1.56. The van der Waals surface area contributed by atoms with E-state index in [1.165, 1.54) is 0 Å². The molecule has 7 heteroatoms. The highest BCUT2D eigenvalue weighted by Gasteiger charge is 2.18. The van der Waals surface area contributed by atoms with Crippen molar-refractivity contribution < 1.29 is 5.11 Å². The van der Waals surface area contributed by atoms with Crippen LogP contribution in [-0.2, 0) is 6.54 Å². The Morgan fingerprint density at radius 2 is 2.06 bits per heavy atom. The molecule has 2 rings (SSSR count). The number of hydrogen-bond acceptors (Lipinski definition) is 4. The van der Waals surface area contributed by atoms with Gasteiger partial charge in [0.25, 0.3) is 0 Å². The molecule has 16 heavy (non-hydrogen) atoms. The second-order valence-corrected chi connectivity index (χ2v) is 4.83. The number of nitrogens with zero attached hydrogens (tertiary/aromatic N) is 4. The summed E-state index contributed by atoms with van der Waals surface area (Å²) in [6.45, 7) is 3.68. The molecule has 0 aromatic carbocycles. The summed E-state index contributed by atoms with van der Waals surface area (Å²) >= 11 is 11.6. The van der Waals surface area contributed by atoms with Gasteiger partial charge < -0.3 is 5.11 Å². The van der Waals surface area contributed by atoms with Crippen molar-refractivity contribution in [3.63, 3.8) is 0 Å². The van der Waals surface area contributed by atoms with E-state index in [4.69, 9.17) is 23.2 Å². The van der Waals surface area contributed by atoms with Crippen LogP contribution in [0.2, 0.25) is 10.4 Å². The monoisotopic (exact) mass is 260 g/mol. The van der Waals surface area contributed by atoms with Gasteiger partial charge in [-0.1, -0.05) is 11.6 Å². The number of fused-ring (bicyclic) bond motifs is 1. The van der Waals surface area contributed by atoms with E-state index in [9.17, 15) is 5.11 Å². The van der Waals surface area contributed by atoms with Crippen molar-refractivity contribution in [3.8, 4) is 0 Å². The van der Waals surface area contributed by atoms with Gasteiger partial charge in [-0.2, -0.15) is 10.1 Å². The fraction of sp³-hybridized carbons (Fsp3) is 0.444. The topological polar surface area (TPSA) is 63.8 Å². The van der Waals surface area contributed by atoms with E-state index in [-0.39, 0.29) is 10.4 Å². The molecule has 0 radical (unpaired) electrons. The molecule has 0 saturated carbocycles. The van der Waals surface area contributed by atoms with Crippen molar-refractivity contribution in [1.82, 2.24) is 19.7 Å². The third-order valence-corrected chi connectivity index (χ3v) is 2.42. The Bertz CT molecular complexity index is 532. The van der Waals surface area contributed by atoms with Crippen LogP contribution in [0.15, 0.2) is 6.20 Å². The second-order valence-electron chi connectivity index (χ2n) is 4.14. The van der Waals surface area contributed by atoms with E-state index in [0.717, 1.165) is 0 Å². The average molecular weight is 261 g/mol. The molecule has 2 aromatic rings. The Balaban J connectivity index is 2.56. The average Bonchev–Trinajstić information content (AvgIpc) is 2.46. The summed E-state index contributed by atoms with van der Waals surface area (Å²) in [4.78, 5) is 7.86. The first kappa shape index (κ1) is 11.6. The summed E-state index contributed by atoms with van der Waals surface area (Å²) in [5.74, 6) is 0. The summed E-state index contributed by atoms with van der Waals surface area (Å²) in [5, 5.41) is 14.8. The molecular weight excluding hydrogens is 251 g/mol. The fourth-order valence-electron chi connectivity index (χ4n) is 1.38. The van der Waals surface area contributed by atoms with E-state index in [1.807, 2.05) is 0 Å². The van der Waals surface area contributed by atoms with Crippen molar-refractivity contribution >= 4 is 34.2 Å². The Kier molecular flexibility index (Phi) is 2.77. The minimum Gasteiger partial charge on any atom is -0.389 e. The van der Waals surface area contributed by atoms with Gasteiger partial charge in [-0.3, -0.25) is 0 Å². The van der Waals surface area contributed by atoms with Gasteiger partial charge in [0.1, 0.15) is 5.15 Å². The molecule has 2 heterocycles. The highest BCUT2D eigenvalue weighted by molar-refractivity contribution is 6.35. The van der Waals surface area contributed by atoms with Crippen molar-refractivity contribution in [2.24, 2.45) is 0 Å². The second kappa shape index (κ2) is 3.84. The smallest absolute Gasteiger partial charge is 0.225 e. The summed E-state index contributed by atoms with van der Waals surface area (Å²) in [5.41, 5.74) is -0.366. The molecule has 0 bridgehead atoms. The number of halogens is 2. The van der Waals surface area contributed by atoms with Gasteiger partial charge in [0.05, 0.1) is 23.7 Å². The van der Waals surface area contributed by atoms with Crippen LogP contribution < -0.4 is 0 Å². The third-order valence-electron chi connectivity index (χ3n) is 1.96. The van der Waals surface area contributed by atoms with Gasteiger partial charge >= 0.3 is 0 Å². The molecule has 2 aromatic heterocycles. The van der Waals surface area contributed by atoms with Crippen molar-refractivity contribution in [1.29, 1.82) is 0 Å². The van der Waals surface area contributed by atoms with Crippen LogP contribution >= 0.6 is 23.2 Å². The van der Waals surface area contributed by atoms with Crippen LogP contribution in [0.4, 0.5) is 0 Å². The molecule has 0 fully saturated rings. The number of rotatable bonds is 2. The van der Waals surface area contributed by atoms with Crippen LogP contribution in [0.3, 0.4) is 0 Å². The Hall–Kier alpha value is -0.910. The predicted molar refractivity (Wildman–Crippen MR) is 61.6 cm³/mol. The highest BCUT2D eigenvalue weighted by atomic mass is 35.5. The quantitative estimate of drug-likeness (QED) is 0.662. The minimum absolute atomic E-state index is 0.0648. The van der Waals surface area contributed by atoms with Crippen molar-refractivity contribution in [2.45, 2.75) is 26.0 Å². The van der Waals surface area contributed by atoms with Gasteiger partial charge in [0, 0.05) is 0 Å². The lowest BCUT2D eigenvalue weighted by Gasteiger charge is -2.16. The lowest BCUT2D eigenvalue weighted by molar-refractivity contribution is 0.0589. The summed E-state index contributed by atoms with van der Waals surface area (Å²) < 4.78 is 1.55. The summed E-state index contributed by atoms with van der Waals surface area (Å²) in [6, 6.07) is 0. The molecule has 0 unspecified atom stereocenters. The molecule has 0 aliphatic rings. The number of aromatic nitrogens is 4. The van der Waals surface area contributed by atoms with Crippen LogP contribution in [-0.4, -0.2) is 30.5 Å². The SMILES string of the molecule is CC(C)(O)Cn1ncc2c(Cl)nc(Cl)nc21. The first-order valence-electron chi connectivity index (χ1n) is 4.64. The fourth-order valence-corrected chi connectivity index (χ4v) is 1.80. The molecular formula is C9H10Cl2N4O. The number of hydrogen-bond donors (Lipinski definition) is 1. The van der Waals surface area contributed by atoms with Gasteiger partial charge in [-0.15, -0.1) is 0 Å². The van der Waals surface area contributed by atoms with E-state index < -0.39 is 5.60 Å². The Labute approximate surface area is 102 Å². The van der Waals surface area contributed by atoms with Crippen LogP contribution in [0.5, 0.6) is 0 Å². The highest BCUT2D eigenvalue weighted by Crippen LogP contribution is 2.22. The van der Waals surface area contributed by atoms with Crippen molar-refractivity contribution in [2.75, 3.05) is 0 Å². The lowest BCUT2D eigenvalue weighted by Crippen LogP contribution is -2.26. The molecule has 0 atom stereocenters. The van der Waals surface area contributed by atoms with Gasteiger partial charge in [0.2, 0.25) is 5.28 Å². The molecule has 0 saturated heterocycles. The zero-order valence-corrected chi connectivity index (χ0v) is 10.3. The standard InChI is InChI=1S/C9H10Cl2N4O/c1-9(2,16)4-15-7-5(3-12-15)6(10)13-8(11)14-7/h3,16H,4H2,1-2H3. The Morgan fingerprint density at radius 3 is 2.69 bits per heavy atom. The van der Waals surface area contributed by atoms with Gasteiger partial charge in [-0.25, -0.2) is 9.67 Å². The maximum absolute atomic E-state index is 9.72. The molecule has 0 aliphatic carbocycles. The van der Waals surface area contributed by atoms with Crippen LogP contribution in [0, 0.1) is 0 Å². The van der Waals surface area contributed by atoms with Gasteiger partial charge in [0.15, 0.2) is 5.65 Å². The lowest BCUT2D eigenvalue weighted by atomic mass is 10.1. The van der Waals surface area contributed by atoms with Gasteiger partial charge in [-0.05, 0) is 25.4 Å².